The number of nitrogens with zero attached hydrogens (tertiary/aromatic N) is 3. The molecule has 3 aromatic rings. The first-order chi connectivity index (χ1) is 9.35. The van der Waals surface area contributed by atoms with Crippen LogP contribution in [0.15, 0.2) is 36.8 Å². The molecule has 0 bridgehead atoms. The van der Waals surface area contributed by atoms with Crippen molar-refractivity contribution in [2.75, 3.05) is 12.4 Å². The predicted octanol–water partition coefficient (Wildman–Crippen LogP) is 2.71. The zero-order valence-electron chi connectivity index (χ0n) is 10.3. The Kier molecular flexibility index (Phi) is 3.24. The first-order valence-corrected chi connectivity index (χ1v) is 6.60. The number of ether oxygens (including phenoxy) is 1. The number of aromatic nitrogens is 3. The number of methoxy groups -OCH3 is 1. The highest BCUT2D eigenvalue weighted by atomic mass is 32.1. The van der Waals surface area contributed by atoms with E-state index in [0.29, 0.717) is 6.54 Å². The fourth-order valence-electron chi connectivity index (χ4n) is 1.67. The van der Waals surface area contributed by atoms with Crippen molar-refractivity contribution < 1.29 is 4.74 Å². The quantitative estimate of drug-likeness (QED) is 0.791. The van der Waals surface area contributed by atoms with Crippen molar-refractivity contribution >= 4 is 26.8 Å². The van der Waals surface area contributed by atoms with Gasteiger partial charge < -0.3 is 10.1 Å². The van der Waals surface area contributed by atoms with Crippen LogP contribution in [0.2, 0.25) is 0 Å². The lowest BCUT2D eigenvalue weighted by molar-refractivity contribution is 0.414. The van der Waals surface area contributed by atoms with Crippen LogP contribution in [-0.2, 0) is 6.54 Å². The van der Waals surface area contributed by atoms with E-state index in [1.54, 1.807) is 30.8 Å². The van der Waals surface area contributed by atoms with Crippen LogP contribution in [0.1, 0.15) is 5.56 Å². The Morgan fingerprint density at radius 2 is 2.32 bits per heavy atom. The highest BCUT2D eigenvalue weighted by molar-refractivity contribution is 7.22. The van der Waals surface area contributed by atoms with Crippen LogP contribution in [-0.4, -0.2) is 22.1 Å². The molecule has 1 N–H and O–H groups in total. The second-order valence-electron chi connectivity index (χ2n) is 3.93. The predicted molar refractivity (Wildman–Crippen MR) is 75.5 cm³/mol. The van der Waals surface area contributed by atoms with Gasteiger partial charge in [-0.2, -0.15) is 0 Å². The molecule has 0 saturated heterocycles. The molecule has 0 aliphatic heterocycles. The summed E-state index contributed by atoms with van der Waals surface area (Å²) in [6, 6.07) is 5.88. The van der Waals surface area contributed by atoms with Crippen LogP contribution >= 0.6 is 11.3 Å². The van der Waals surface area contributed by atoms with Crippen LogP contribution in [0.3, 0.4) is 0 Å². The molecule has 19 heavy (non-hydrogen) atoms. The third kappa shape index (κ3) is 2.63. The summed E-state index contributed by atoms with van der Waals surface area (Å²) in [5, 5.41) is 4.12. The molecule has 0 unspecified atom stereocenters. The Morgan fingerprint density at radius 1 is 1.37 bits per heavy atom. The average Bonchev–Trinajstić information content (AvgIpc) is 2.88. The smallest absolute Gasteiger partial charge is 0.185 e. The van der Waals surface area contributed by atoms with E-state index < -0.39 is 0 Å². The van der Waals surface area contributed by atoms with Crippen molar-refractivity contribution in [2.45, 2.75) is 6.54 Å². The third-order valence-electron chi connectivity index (χ3n) is 2.62. The lowest BCUT2D eigenvalue weighted by atomic mass is 10.3. The molecule has 0 atom stereocenters. The fourth-order valence-corrected chi connectivity index (χ4v) is 2.52. The molecule has 0 spiro atoms. The topological polar surface area (TPSA) is 59.9 Å². The molecule has 0 saturated carbocycles. The van der Waals surface area contributed by atoms with E-state index in [1.807, 2.05) is 24.4 Å². The van der Waals surface area contributed by atoms with Crippen LogP contribution in [0.4, 0.5) is 5.13 Å². The van der Waals surface area contributed by atoms with Gasteiger partial charge in [-0.25, -0.2) is 9.97 Å². The van der Waals surface area contributed by atoms with Crippen LogP contribution in [0, 0.1) is 0 Å². The highest BCUT2D eigenvalue weighted by Gasteiger charge is 2.06. The second kappa shape index (κ2) is 5.19. The number of rotatable bonds is 4. The van der Waals surface area contributed by atoms with Gasteiger partial charge in [-0.15, -0.1) is 0 Å². The Bertz CT molecular complexity index is 683. The fraction of sp³-hybridized carbons (Fsp3) is 0.154. The van der Waals surface area contributed by atoms with Gasteiger partial charge in [0.15, 0.2) is 10.8 Å². The minimum atomic E-state index is 0.699. The molecule has 0 aliphatic carbocycles. The van der Waals surface area contributed by atoms with E-state index >= 15 is 0 Å². The molecular formula is C13H12N4OS. The maximum absolute atomic E-state index is 5.15. The summed E-state index contributed by atoms with van der Waals surface area (Å²) in [5.74, 6) is 0.745. The van der Waals surface area contributed by atoms with E-state index in [2.05, 4.69) is 20.3 Å². The number of nitrogens with one attached hydrogen (secondary N) is 1. The van der Waals surface area contributed by atoms with E-state index in [0.717, 1.165) is 26.8 Å². The molecule has 0 amide bonds. The number of hydrogen-bond acceptors (Lipinski definition) is 6. The van der Waals surface area contributed by atoms with Crippen molar-refractivity contribution in [3.8, 4) is 5.75 Å². The molecule has 6 heteroatoms. The molecule has 0 fully saturated rings. The summed E-state index contributed by atoms with van der Waals surface area (Å²) in [7, 11) is 1.63. The van der Waals surface area contributed by atoms with Gasteiger partial charge in [0.2, 0.25) is 0 Å². The highest BCUT2D eigenvalue weighted by Crippen LogP contribution is 2.27. The largest absolute Gasteiger partial charge is 0.495 e. The minimum Gasteiger partial charge on any atom is -0.495 e. The summed E-state index contributed by atoms with van der Waals surface area (Å²) in [4.78, 5) is 12.7. The molecule has 0 radical (unpaired) electrons. The summed E-state index contributed by atoms with van der Waals surface area (Å²) >= 11 is 1.56. The Hall–Kier alpha value is -2.21. The van der Waals surface area contributed by atoms with Gasteiger partial charge in [0.1, 0.15) is 5.75 Å². The molecule has 5 nitrogen and oxygen atoms in total. The van der Waals surface area contributed by atoms with Crippen molar-refractivity contribution in [1.29, 1.82) is 0 Å². The normalized spacial score (nSPS) is 10.6. The molecule has 0 aromatic carbocycles. The SMILES string of the molecule is COc1cnc2nc(NCc3cccnc3)sc2c1. The number of hydrogen-bond donors (Lipinski definition) is 1. The van der Waals surface area contributed by atoms with E-state index in [1.165, 1.54) is 0 Å². The van der Waals surface area contributed by atoms with Crippen LogP contribution in [0.25, 0.3) is 10.3 Å². The molecule has 3 aromatic heterocycles. The minimum absolute atomic E-state index is 0.699. The van der Waals surface area contributed by atoms with Crippen LogP contribution < -0.4 is 10.1 Å². The summed E-state index contributed by atoms with van der Waals surface area (Å²) < 4.78 is 6.16. The van der Waals surface area contributed by atoms with E-state index in [-0.39, 0.29) is 0 Å². The summed E-state index contributed by atoms with van der Waals surface area (Å²) in [6.07, 6.45) is 5.27. The van der Waals surface area contributed by atoms with Gasteiger partial charge in [0, 0.05) is 25.0 Å². The van der Waals surface area contributed by atoms with Gasteiger partial charge in [-0.1, -0.05) is 17.4 Å². The number of thiazole rings is 1. The molecular weight excluding hydrogens is 260 g/mol. The standard InChI is InChI=1S/C13H12N4OS/c1-18-10-5-11-12(15-8-10)17-13(19-11)16-7-9-3-2-4-14-6-9/h2-6,8H,7H2,1H3,(H,15,16,17). The van der Waals surface area contributed by atoms with Gasteiger partial charge in [0.25, 0.3) is 0 Å². The first kappa shape index (κ1) is 11.9. The van der Waals surface area contributed by atoms with Crippen molar-refractivity contribution in [2.24, 2.45) is 0 Å². The third-order valence-corrected chi connectivity index (χ3v) is 3.57. The number of anilines is 1. The maximum atomic E-state index is 5.15. The average molecular weight is 272 g/mol. The van der Waals surface area contributed by atoms with Crippen molar-refractivity contribution in [3.63, 3.8) is 0 Å². The lowest BCUT2D eigenvalue weighted by Crippen LogP contribution is -1.98. The van der Waals surface area contributed by atoms with Crippen molar-refractivity contribution in [3.05, 3.63) is 42.4 Å². The Morgan fingerprint density at radius 3 is 3.11 bits per heavy atom. The van der Waals surface area contributed by atoms with Gasteiger partial charge in [-0.05, 0) is 11.6 Å². The first-order valence-electron chi connectivity index (χ1n) is 5.78. The lowest BCUT2D eigenvalue weighted by Gasteiger charge is -2.00. The van der Waals surface area contributed by atoms with E-state index in [9.17, 15) is 0 Å². The van der Waals surface area contributed by atoms with Crippen molar-refractivity contribution in [1.82, 2.24) is 15.0 Å². The van der Waals surface area contributed by atoms with Crippen LogP contribution in [0.5, 0.6) is 5.75 Å². The molecule has 96 valence electrons. The van der Waals surface area contributed by atoms with Gasteiger partial charge >= 0.3 is 0 Å². The summed E-state index contributed by atoms with van der Waals surface area (Å²) in [6.45, 7) is 0.699. The molecule has 3 rings (SSSR count). The van der Waals surface area contributed by atoms with Gasteiger partial charge in [0.05, 0.1) is 18.0 Å². The van der Waals surface area contributed by atoms with Gasteiger partial charge in [-0.3, -0.25) is 4.98 Å². The Balaban J connectivity index is 1.78. The van der Waals surface area contributed by atoms with E-state index in [4.69, 9.17) is 4.74 Å². The zero-order valence-corrected chi connectivity index (χ0v) is 11.1. The Labute approximate surface area is 114 Å². The monoisotopic (exact) mass is 272 g/mol. The number of fused-ring (bicyclic) bond motifs is 1. The molecule has 3 heterocycles. The number of pyridine rings is 2. The maximum Gasteiger partial charge on any atom is 0.185 e. The zero-order chi connectivity index (χ0) is 13.1. The molecule has 0 aliphatic rings. The second-order valence-corrected chi connectivity index (χ2v) is 4.96. The summed E-state index contributed by atoms with van der Waals surface area (Å²) in [5.41, 5.74) is 1.85.